The average molecular weight is 110 g/mol. The van der Waals surface area contributed by atoms with E-state index in [0.29, 0.717) is 0 Å². The summed E-state index contributed by atoms with van der Waals surface area (Å²) in [5, 5.41) is 0. The van der Waals surface area contributed by atoms with Crippen LogP contribution in [0.25, 0.3) is 0 Å². The number of hydrogen-bond acceptors (Lipinski definition) is 0. The minimum absolute atomic E-state index is 0.0910. The molecule has 0 spiro atoms. The zero-order valence-electron chi connectivity index (χ0n) is 3.62. The molecule has 0 fully saturated rings. The van der Waals surface area contributed by atoms with Gasteiger partial charge >= 0.3 is 0 Å². The maximum Gasteiger partial charge on any atom is 0.0934 e. The highest BCUT2D eigenvalue weighted by Gasteiger charge is 1.94. The van der Waals surface area contributed by atoms with Crippen molar-refractivity contribution in [2.45, 2.75) is 6.92 Å². The molecule has 6 heavy (non-hydrogen) atoms. The molecular formula is C4H7ClF. The largest absolute Gasteiger partial charge is 0.251 e. The number of alkyl halides is 1. The van der Waals surface area contributed by atoms with E-state index < -0.39 is 0 Å². The summed E-state index contributed by atoms with van der Waals surface area (Å²) in [6, 6.07) is 0. The van der Waals surface area contributed by atoms with E-state index in [-0.39, 0.29) is 12.6 Å². The van der Waals surface area contributed by atoms with Crippen LogP contribution in [-0.4, -0.2) is 6.67 Å². The maximum absolute atomic E-state index is 11.3. The lowest BCUT2D eigenvalue weighted by Gasteiger charge is -1.93. The minimum Gasteiger partial charge on any atom is -0.251 e. The van der Waals surface area contributed by atoms with Crippen molar-refractivity contribution in [1.82, 2.24) is 0 Å². The normalized spacial score (nSPS) is 14.5. The summed E-state index contributed by atoms with van der Waals surface area (Å²) in [7, 11) is 0. The minimum atomic E-state index is -0.358. The lowest BCUT2D eigenvalue weighted by molar-refractivity contribution is 0.424. The Hall–Kier alpha value is 0.220. The first kappa shape index (κ1) is 6.22. The van der Waals surface area contributed by atoms with Gasteiger partial charge < -0.3 is 0 Å². The summed E-state index contributed by atoms with van der Waals surface area (Å²) < 4.78 is 11.3. The molecule has 0 aliphatic heterocycles. The van der Waals surface area contributed by atoms with Crippen LogP contribution in [0.4, 0.5) is 4.39 Å². The van der Waals surface area contributed by atoms with Crippen LogP contribution in [0.3, 0.4) is 0 Å². The molecule has 0 heterocycles. The van der Waals surface area contributed by atoms with E-state index in [1.54, 1.807) is 6.92 Å². The first-order chi connectivity index (χ1) is 2.81. The maximum atomic E-state index is 11.3. The van der Waals surface area contributed by atoms with Gasteiger partial charge in [-0.25, -0.2) is 0 Å². The van der Waals surface area contributed by atoms with Crippen LogP contribution in [0.1, 0.15) is 6.92 Å². The Morgan fingerprint density at radius 3 is 2.50 bits per heavy atom. The molecular weight excluding hydrogens is 102 g/mol. The number of halogens is 2. The quantitative estimate of drug-likeness (QED) is 0.509. The number of hydrogen-bond donors (Lipinski definition) is 0. The molecule has 1 radical (unpaired) electrons. The Labute approximate surface area is 42.3 Å². The van der Waals surface area contributed by atoms with Crippen LogP contribution < -0.4 is 0 Å². The van der Waals surface area contributed by atoms with E-state index in [1.807, 2.05) is 0 Å². The third kappa shape index (κ3) is 2.46. The zero-order valence-corrected chi connectivity index (χ0v) is 4.37. The van der Waals surface area contributed by atoms with Gasteiger partial charge in [0.2, 0.25) is 0 Å². The van der Waals surface area contributed by atoms with Gasteiger partial charge in [0, 0.05) is 5.92 Å². The molecule has 0 aliphatic carbocycles. The summed E-state index contributed by atoms with van der Waals surface area (Å²) in [6.07, 6.45) is 0. The van der Waals surface area contributed by atoms with Gasteiger partial charge in [-0.05, 0) is 0 Å². The molecule has 0 nitrogen and oxygen atoms in total. The monoisotopic (exact) mass is 109 g/mol. The van der Waals surface area contributed by atoms with Crippen molar-refractivity contribution in [3.05, 3.63) is 5.88 Å². The van der Waals surface area contributed by atoms with E-state index in [1.165, 1.54) is 5.88 Å². The smallest absolute Gasteiger partial charge is 0.0934 e. The van der Waals surface area contributed by atoms with Crippen molar-refractivity contribution in [1.29, 1.82) is 0 Å². The third-order valence-corrected chi connectivity index (χ3v) is 0.889. The fraction of sp³-hybridized carbons (Fsp3) is 0.750. The molecule has 1 unspecified atom stereocenters. The van der Waals surface area contributed by atoms with Gasteiger partial charge in [0.1, 0.15) is 0 Å². The van der Waals surface area contributed by atoms with Gasteiger partial charge in [-0.2, -0.15) is 0 Å². The van der Waals surface area contributed by atoms with Crippen LogP contribution in [0.15, 0.2) is 0 Å². The SMILES string of the molecule is CC([CH]Cl)CF. The molecule has 0 amide bonds. The summed E-state index contributed by atoms with van der Waals surface area (Å²) in [5.74, 6) is 1.23. The van der Waals surface area contributed by atoms with Crippen LogP contribution in [-0.2, 0) is 0 Å². The highest BCUT2D eigenvalue weighted by molar-refractivity contribution is 6.23. The Morgan fingerprint density at radius 1 is 2.00 bits per heavy atom. The van der Waals surface area contributed by atoms with Gasteiger partial charge in [0.15, 0.2) is 0 Å². The molecule has 0 N–H and O–H groups in total. The molecule has 0 aromatic heterocycles. The second kappa shape index (κ2) is 3.41. The zero-order chi connectivity index (χ0) is 4.99. The molecule has 1 atom stereocenters. The van der Waals surface area contributed by atoms with Crippen LogP contribution in [0, 0.1) is 11.8 Å². The van der Waals surface area contributed by atoms with Crippen LogP contribution >= 0.6 is 11.6 Å². The van der Waals surface area contributed by atoms with Crippen molar-refractivity contribution in [2.75, 3.05) is 6.67 Å². The van der Waals surface area contributed by atoms with Crippen molar-refractivity contribution >= 4 is 11.6 Å². The molecule has 37 valence electrons. The Kier molecular flexibility index (Phi) is 3.54. The Balaban J connectivity index is 2.75. The van der Waals surface area contributed by atoms with Gasteiger partial charge in [-0.15, -0.1) is 11.6 Å². The van der Waals surface area contributed by atoms with Gasteiger partial charge in [0.05, 0.1) is 12.6 Å². The number of rotatable bonds is 2. The van der Waals surface area contributed by atoms with Crippen LogP contribution in [0.2, 0.25) is 0 Å². The van der Waals surface area contributed by atoms with E-state index >= 15 is 0 Å². The van der Waals surface area contributed by atoms with Crippen molar-refractivity contribution in [3.8, 4) is 0 Å². The predicted molar refractivity (Wildman–Crippen MR) is 25.3 cm³/mol. The standard InChI is InChI=1S/C4H7ClF/c1-4(2-5)3-6/h2,4H,3H2,1H3. The van der Waals surface area contributed by atoms with E-state index in [9.17, 15) is 4.39 Å². The summed E-state index contributed by atoms with van der Waals surface area (Å²) in [5.41, 5.74) is 0. The van der Waals surface area contributed by atoms with Crippen LogP contribution in [0.5, 0.6) is 0 Å². The summed E-state index contributed by atoms with van der Waals surface area (Å²) in [6.45, 7) is 1.36. The first-order valence-electron chi connectivity index (χ1n) is 1.80. The Morgan fingerprint density at radius 2 is 2.50 bits per heavy atom. The molecule has 2 heteroatoms. The highest BCUT2D eigenvalue weighted by atomic mass is 35.5. The summed E-state index contributed by atoms with van der Waals surface area (Å²) >= 11 is 5.09. The third-order valence-electron chi connectivity index (χ3n) is 0.458. The topological polar surface area (TPSA) is 0 Å². The second-order valence-corrected chi connectivity index (χ2v) is 1.51. The van der Waals surface area contributed by atoms with E-state index in [4.69, 9.17) is 11.6 Å². The second-order valence-electron chi connectivity index (χ2n) is 1.26. The fourth-order valence-electron chi connectivity index (χ4n) is 0.0337. The molecule has 0 aliphatic rings. The fourth-order valence-corrected chi connectivity index (χ4v) is 0.101. The molecule has 0 rings (SSSR count). The summed E-state index contributed by atoms with van der Waals surface area (Å²) in [4.78, 5) is 0. The predicted octanol–water partition coefficient (Wildman–Crippen LogP) is 1.99. The van der Waals surface area contributed by atoms with E-state index in [2.05, 4.69) is 0 Å². The van der Waals surface area contributed by atoms with Crippen molar-refractivity contribution < 1.29 is 4.39 Å². The highest BCUT2D eigenvalue weighted by Crippen LogP contribution is 2.02. The van der Waals surface area contributed by atoms with Gasteiger partial charge in [0.25, 0.3) is 0 Å². The van der Waals surface area contributed by atoms with Gasteiger partial charge in [-0.1, -0.05) is 6.92 Å². The lowest BCUT2D eigenvalue weighted by Crippen LogP contribution is -1.90. The lowest BCUT2D eigenvalue weighted by atomic mass is 10.3. The molecule has 0 aromatic rings. The molecule has 0 bridgehead atoms. The molecule has 0 saturated heterocycles. The molecule has 0 saturated carbocycles. The molecule has 0 aromatic carbocycles. The first-order valence-corrected chi connectivity index (χ1v) is 2.24. The average Bonchev–Trinajstić information content (AvgIpc) is 1.65. The van der Waals surface area contributed by atoms with E-state index in [0.717, 1.165) is 0 Å². The van der Waals surface area contributed by atoms with Crippen molar-refractivity contribution in [3.63, 3.8) is 0 Å². The van der Waals surface area contributed by atoms with Crippen molar-refractivity contribution in [2.24, 2.45) is 5.92 Å². The van der Waals surface area contributed by atoms with Gasteiger partial charge in [-0.3, -0.25) is 4.39 Å². The Bertz CT molecular complexity index is 26.7.